The predicted octanol–water partition coefficient (Wildman–Crippen LogP) is 1.91. The van der Waals surface area contributed by atoms with E-state index in [1.165, 1.54) is 12.1 Å². The summed E-state index contributed by atoms with van der Waals surface area (Å²) < 4.78 is 22.5. The third kappa shape index (κ3) is 3.30. The van der Waals surface area contributed by atoms with Crippen LogP contribution in [0.15, 0.2) is 29.2 Å². The summed E-state index contributed by atoms with van der Waals surface area (Å²) >= 11 is 0. The molecule has 1 aromatic carbocycles. The molecule has 1 atom stereocenters. The Morgan fingerprint density at radius 2 is 1.65 bits per heavy atom. The maximum atomic E-state index is 11.3. The van der Waals surface area contributed by atoms with Crippen molar-refractivity contribution in [3.8, 4) is 0 Å². The lowest BCUT2D eigenvalue weighted by molar-refractivity contribution is -0.139. The molecule has 0 amide bonds. The van der Waals surface area contributed by atoms with Gasteiger partial charge >= 0.3 is 5.97 Å². The van der Waals surface area contributed by atoms with Crippen LogP contribution in [-0.4, -0.2) is 25.7 Å². The van der Waals surface area contributed by atoms with Gasteiger partial charge in [0.2, 0.25) is 0 Å². The smallest absolute Gasteiger partial charge is 0.311 e. The third-order valence-electron chi connectivity index (χ3n) is 2.60. The highest BCUT2D eigenvalue weighted by Crippen LogP contribution is 2.25. The number of carbonyl (C=O) groups is 1. The van der Waals surface area contributed by atoms with Crippen LogP contribution in [0.1, 0.15) is 25.3 Å². The molecular weight excluding hydrogens is 240 g/mol. The van der Waals surface area contributed by atoms with Crippen LogP contribution in [0, 0.1) is 5.92 Å². The summed E-state index contributed by atoms with van der Waals surface area (Å²) in [6, 6.07) is 6.02. The van der Waals surface area contributed by atoms with Crippen LogP contribution in [0.25, 0.3) is 0 Å². The van der Waals surface area contributed by atoms with E-state index in [9.17, 15) is 13.2 Å². The molecule has 0 aliphatic rings. The summed E-state index contributed by atoms with van der Waals surface area (Å²) in [6.07, 6.45) is 1.12. The molecular formula is C12H16O4S. The monoisotopic (exact) mass is 256 g/mol. The number of carboxylic acid groups (broad SMARTS) is 1. The van der Waals surface area contributed by atoms with Crippen molar-refractivity contribution in [3.05, 3.63) is 29.8 Å². The fourth-order valence-electron chi connectivity index (χ4n) is 1.73. The highest BCUT2D eigenvalue weighted by atomic mass is 32.2. The van der Waals surface area contributed by atoms with Crippen molar-refractivity contribution in [2.24, 2.45) is 5.92 Å². The van der Waals surface area contributed by atoms with Gasteiger partial charge in [-0.15, -0.1) is 0 Å². The number of hydrogen-bond donors (Lipinski definition) is 1. The first kappa shape index (κ1) is 13.7. The lowest BCUT2D eigenvalue weighted by Crippen LogP contribution is -2.17. The van der Waals surface area contributed by atoms with Gasteiger partial charge in [0.15, 0.2) is 9.84 Å². The van der Waals surface area contributed by atoms with E-state index in [2.05, 4.69) is 0 Å². The second-order valence-electron chi connectivity index (χ2n) is 4.40. The normalized spacial score (nSPS) is 13.6. The van der Waals surface area contributed by atoms with Crippen LogP contribution in [0.5, 0.6) is 0 Å². The van der Waals surface area contributed by atoms with Crippen LogP contribution in [-0.2, 0) is 14.6 Å². The summed E-state index contributed by atoms with van der Waals surface area (Å²) in [5.74, 6) is -1.55. The SMILES string of the molecule is CC(C)C(C(=O)O)c1ccc(S(C)(=O)=O)cc1. The second-order valence-corrected chi connectivity index (χ2v) is 6.42. The van der Waals surface area contributed by atoms with Crippen LogP contribution < -0.4 is 0 Å². The van der Waals surface area contributed by atoms with Crippen molar-refractivity contribution < 1.29 is 18.3 Å². The second kappa shape index (κ2) is 4.87. The maximum Gasteiger partial charge on any atom is 0.311 e. The molecule has 0 aromatic heterocycles. The van der Waals surface area contributed by atoms with E-state index in [1.807, 2.05) is 13.8 Å². The quantitative estimate of drug-likeness (QED) is 0.893. The van der Waals surface area contributed by atoms with Gasteiger partial charge in [-0.3, -0.25) is 4.79 Å². The molecule has 1 N–H and O–H groups in total. The lowest BCUT2D eigenvalue weighted by Gasteiger charge is -2.16. The minimum absolute atomic E-state index is 0.0448. The molecule has 0 saturated heterocycles. The Kier molecular flexibility index (Phi) is 3.93. The number of hydrogen-bond acceptors (Lipinski definition) is 3. The minimum Gasteiger partial charge on any atom is -0.481 e. The third-order valence-corrected chi connectivity index (χ3v) is 3.73. The van der Waals surface area contributed by atoms with Gasteiger partial charge in [0.25, 0.3) is 0 Å². The number of aliphatic carboxylic acids is 1. The van der Waals surface area contributed by atoms with Gasteiger partial charge < -0.3 is 5.11 Å². The summed E-state index contributed by atoms with van der Waals surface area (Å²) in [6.45, 7) is 3.65. The van der Waals surface area contributed by atoms with Crippen LogP contribution >= 0.6 is 0 Å². The van der Waals surface area contributed by atoms with E-state index in [-0.39, 0.29) is 10.8 Å². The standard InChI is InChI=1S/C12H16O4S/c1-8(2)11(12(13)14)9-4-6-10(7-5-9)17(3,15)16/h4-8,11H,1-3H3,(H,13,14). The molecule has 0 fully saturated rings. The van der Waals surface area contributed by atoms with E-state index < -0.39 is 21.7 Å². The van der Waals surface area contributed by atoms with E-state index in [0.29, 0.717) is 5.56 Å². The van der Waals surface area contributed by atoms with Crippen LogP contribution in [0.2, 0.25) is 0 Å². The number of rotatable bonds is 4. The maximum absolute atomic E-state index is 11.3. The molecule has 0 heterocycles. The van der Waals surface area contributed by atoms with Gasteiger partial charge in [-0.1, -0.05) is 26.0 Å². The highest BCUT2D eigenvalue weighted by Gasteiger charge is 2.23. The van der Waals surface area contributed by atoms with E-state index in [1.54, 1.807) is 12.1 Å². The molecule has 0 aliphatic carbocycles. The summed E-state index contributed by atoms with van der Waals surface area (Å²) in [5, 5.41) is 9.11. The first-order chi connectivity index (χ1) is 7.73. The Bertz CT molecular complexity index is 500. The predicted molar refractivity (Wildman–Crippen MR) is 64.8 cm³/mol. The average Bonchev–Trinajstić information content (AvgIpc) is 2.15. The van der Waals surface area contributed by atoms with Gasteiger partial charge in [0, 0.05) is 6.26 Å². The molecule has 1 unspecified atom stereocenters. The zero-order valence-corrected chi connectivity index (χ0v) is 10.9. The van der Waals surface area contributed by atoms with E-state index in [0.717, 1.165) is 6.26 Å². The molecule has 0 spiro atoms. The van der Waals surface area contributed by atoms with Crippen molar-refractivity contribution in [3.63, 3.8) is 0 Å². The van der Waals surface area contributed by atoms with Gasteiger partial charge in [-0.25, -0.2) is 8.42 Å². The molecule has 4 nitrogen and oxygen atoms in total. The van der Waals surface area contributed by atoms with Crippen molar-refractivity contribution in [1.82, 2.24) is 0 Å². The van der Waals surface area contributed by atoms with Gasteiger partial charge in [-0.05, 0) is 23.6 Å². The van der Waals surface area contributed by atoms with E-state index in [4.69, 9.17) is 5.11 Å². The summed E-state index contributed by atoms with van der Waals surface area (Å²) in [4.78, 5) is 11.3. The number of benzene rings is 1. The van der Waals surface area contributed by atoms with Gasteiger partial charge in [0.05, 0.1) is 10.8 Å². The Morgan fingerprint density at radius 3 is 1.94 bits per heavy atom. The van der Waals surface area contributed by atoms with Gasteiger partial charge in [-0.2, -0.15) is 0 Å². The van der Waals surface area contributed by atoms with Crippen molar-refractivity contribution in [2.45, 2.75) is 24.7 Å². The average molecular weight is 256 g/mol. The minimum atomic E-state index is -3.23. The molecule has 94 valence electrons. The summed E-state index contributed by atoms with van der Waals surface area (Å²) in [7, 11) is -3.23. The molecule has 0 saturated carbocycles. The topological polar surface area (TPSA) is 71.4 Å². The highest BCUT2D eigenvalue weighted by molar-refractivity contribution is 7.90. The molecule has 17 heavy (non-hydrogen) atoms. The fourth-order valence-corrected chi connectivity index (χ4v) is 2.37. The Hall–Kier alpha value is -1.36. The number of carboxylic acids is 1. The first-order valence-electron chi connectivity index (χ1n) is 5.26. The molecule has 5 heteroatoms. The fraction of sp³-hybridized carbons (Fsp3) is 0.417. The zero-order chi connectivity index (χ0) is 13.2. The van der Waals surface area contributed by atoms with Crippen molar-refractivity contribution in [1.29, 1.82) is 0 Å². The summed E-state index contributed by atoms with van der Waals surface area (Å²) in [5.41, 5.74) is 0.625. The Labute approximate surface area is 101 Å². The van der Waals surface area contributed by atoms with Crippen LogP contribution in [0.3, 0.4) is 0 Å². The largest absolute Gasteiger partial charge is 0.481 e. The molecule has 0 aliphatic heterocycles. The zero-order valence-electron chi connectivity index (χ0n) is 10.0. The van der Waals surface area contributed by atoms with Crippen molar-refractivity contribution >= 4 is 15.8 Å². The Balaban J connectivity index is 3.13. The van der Waals surface area contributed by atoms with Gasteiger partial charge in [0.1, 0.15) is 0 Å². The molecule has 1 aromatic rings. The molecule has 0 bridgehead atoms. The number of sulfone groups is 1. The van der Waals surface area contributed by atoms with Crippen LogP contribution in [0.4, 0.5) is 0 Å². The Morgan fingerprint density at radius 1 is 1.18 bits per heavy atom. The lowest BCUT2D eigenvalue weighted by atomic mass is 9.89. The van der Waals surface area contributed by atoms with E-state index >= 15 is 0 Å². The molecule has 1 rings (SSSR count). The molecule has 0 radical (unpaired) electrons. The first-order valence-corrected chi connectivity index (χ1v) is 7.15. The van der Waals surface area contributed by atoms with Crippen molar-refractivity contribution in [2.75, 3.05) is 6.26 Å².